The number of nitrogens with zero attached hydrogens (tertiary/aromatic N) is 2. The first-order chi connectivity index (χ1) is 10.6. The molecule has 2 rings (SSSR count). The van der Waals surface area contributed by atoms with Gasteiger partial charge in [-0.05, 0) is 31.2 Å². The summed E-state index contributed by atoms with van der Waals surface area (Å²) in [6.45, 7) is 5.09. The number of hydrogen-bond acceptors (Lipinski definition) is 5. The molecule has 118 valence electrons. The zero-order valence-corrected chi connectivity index (χ0v) is 12.5. The summed E-state index contributed by atoms with van der Waals surface area (Å²) >= 11 is 0. The number of rotatable bonds is 6. The maximum Gasteiger partial charge on any atom is 0.269 e. The van der Waals surface area contributed by atoms with Gasteiger partial charge < -0.3 is 5.43 Å². The summed E-state index contributed by atoms with van der Waals surface area (Å²) in [5.74, 6) is -0.313. The molecule has 0 saturated heterocycles. The van der Waals surface area contributed by atoms with Gasteiger partial charge in [0.25, 0.3) is 11.6 Å². The highest BCUT2D eigenvalue weighted by molar-refractivity contribution is 5.94. The third kappa shape index (κ3) is 4.29. The maximum absolute atomic E-state index is 12.0. The van der Waals surface area contributed by atoms with E-state index < -0.39 is 4.92 Å². The van der Waals surface area contributed by atoms with Crippen molar-refractivity contribution in [3.8, 4) is 0 Å². The number of carbonyl (C=O) groups excluding carboxylic acids is 1. The molecule has 1 aromatic carbocycles. The maximum atomic E-state index is 12.0. The van der Waals surface area contributed by atoms with E-state index in [0.29, 0.717) is 5.56 Å². The van der Waals surface area contributed by atoms with Crippen LogP contribution >= 0.6 is 0 Å². The number of nitro benzene ring substituents is 1. The number of nitrogens with one attached hydrogen (secondary N) is 2. The lowest BCUT2D eigenvalue weighted by atomic mass is 10.2. The largest absolute Gasteiger partial charge is 0.303 e. The second kappa shape index (κ2) is 7.56. The molecular weight excluding hydrogens is 284 g/mol. The van der Waals surface area contributed by atoms with E-state index in [4.69, 9.17) is 0 Å². The third-order valence-corrected chi connectivity index (χ3v) is 3.51. The normalized spacial score (nSPS) is 15.0. The zero-order chi connectivity index (χ0) is 15.9. The van der Waals surface area contributed by atoms with Crippen LogP contribution in [0.2, 0.25) is 0 Å². The number of non-ortho nitro benzene ring substituents is 1. The lowest BCUT2D eigenvalue weighted by Gasteiger charge is -2.26. The molecule has 1 heterocycles. The smallest absolute Gasteiger partial charge is 0.269 e. The van der Waals surface area contributed by atoms with Crippen LogP contribution in [0.5, 0.6) is 0 Å². The van der Waals surface area contributed by atoms with Crippen LogP contribution in [0.15, 0.2) is 36.0 Å². The molecule has 1 aliphatic heterocycles. The second-order valence-electron chi connectivity index (χ2n) is 5.16. The molecule has 1 aromatic rings. The van der Waals surface area contributed by atoms with Crippen molar-refractivity contribution in [2.24, 2.45) is 0 Å². The van der Waals surface area contributed by atoms with Crippen molar-refractivity contribution in [2.75, 3.05) is 19.6 Å². The van der Waals surface area contributed by atoms with Crippen LogP contribution < -0.4 is 10.9 Å². The first-order valence-electron chi connectivity index (χ1n) is 7.32. The summed E-state index contributed by atoms with van der Waals surface area (Å²) in [4.78, 5) is 24.4. The van der Waals surface area contributed by atoms with Crippen LogP contribution in [0.1, 0.15) is 30.1 Å². The van der Waals surface area contributed by atoms with Crippen molar-refractivity contribution in [3.63, 3.8) is 0 Å². The molecule has 0 aliphatic carbocycles. The van der Waals surface area contributed by atoms with E-state index in [0.717, 1.165) is 38.2 Å². The van der Waals surface area contributed by atoms with Gasteiger partial charge in [-0.25, -0.2) is 0 Å². The molecule has 1 aliphatic rings. The zero-order valence-electron chi connectivity index (χ0n) is 12.5. The molecule has 7 heteroatoms. The van der Waals surface area contributed by atoms with Crippen LogP contribution in [0, 0.1) is 10.1 Å². The standard InChI is InChI=1S/C15H20N4O3/c1-2-9-18-10-7-13(8-11-18)16-17-15(20)12-3-5-14(6-4-12)19(21)22/h3-7,16H,2,8-11H2,1H3,(H,17,20). The van der Waals surface area contributed by atoms with Gasteiger partial charge in [0.05, 0.1) is 4.92 Å². The molecular formula is C15H20N4O3. The number of hydrogen-bond donors (Lipinski definition) is 2. The van der Waals surface area contributed by atoms with E-state index in [-0.39, 0.29) is 11.6 Å². The van der Waals surface area contributed by atoms with Crippen molar-refractivity contribution in [1.29, 1.82) is 0 Å². The topological polar surface area (TPSA) is 87.5 Å². The number of carbonyl (C=O) groups is 1. The summed E-state index contributed by atoms with van der Waals surface area (Å²) in [5, 5.41) is 10.6. The van der Waals surface area contributed by atoms with E-state index in [1.54, 1.807) is 0 Å². The first kappa shape index (κ1) is 16.0. The predicted molar refractivity (Wildman–Crippen MR) is 83.1 cm³/mol. The molecule has 0 unspecified atom stereocenters. The Hall–Kier alpha value is -2.41. The van der Waals surface area contributed by atoms with Crippen molar-refractivity contribution >= 4 is 11.6 Å². The van der Waals surface area contributed by atoms with Gasteiger partial charge in [-0.2, -0.15) is 0 Å². The van der Waals surface area contributed by atoms with Gasteiger partial charge in [-0.3, -0.25) is 25.2 Å². The molecule has 0 atom stereocenters. The average molecular weight is 304 g/mol. The highest BCUT2D eigenvalue weighted by Gasteiger charge is 2.12. The van der Waals surface area contributed by atoms with Gasteiger partial charge in [0.2, 0.25) is 0 Å². The summed E-state index contributed by atoms with van der Waals surface area (Å²) in [6.07, 6.45) is 4.06. The third-order valence-electron chi connectivity index (χ3n) is 3.51. The monoisotopic (exact) mass is 304 g/mol. The average Bonchev–Trinajstić information content (AvgIpc) is 2.54. The van der Waals surface area contributed by atoms with E-state index in [1.165, 1.54) is 24.3 Å². The summed E-state index contributed by atoms with van der Waals surface area (Å²) in [6, 6.07) is 5.51. The molecule has 0 fully saturated rings. The number of benzene rings is 1. The number of amides is 1. The predicted octanol–water partition coefficient (Wildman–Crippen LogP) is 1.83. The fourth-order valence-electron chi connectivity index (χ4n) is 2.29. The van der Waals surface area contributed by atoms with E-state index in [2.05, 4.69) is 28.8 Å². The molecule has 0 aromatic heterocycles. The molecule has 7 nitrogen and oxygen atoms in total. The Morgan fingerprint density at radius 3 is 2.64 bits per heavy atom. The molecule has 1 amide bonds. The lowest BCUT2D eigenvalue weighted by Crippen LogP contribution is -2.40. The van der Waals surface area contributed by atoms with Gasteiger partial charge in [-0.1, -0.05) is 6.92 Å². The molecule has 0 radical (unpaired) electrons. The second-order valence-corrected chi connectivity index (χ2v) is 5.16. The van der Waals surface area contributed by atoms with E-state index in [9.17, 15) is 14.9 Å². The number of hydrazine groups is 1. The summed E-state index contributed by atoms with van der Waals surface area (Å²) in [5.41, 5.74) is 6.87. The van der Waals surface area contributed by atoms with E-state index >= 15 is 0 Å². The summed E-state index contributed by atoms with van der Waals surface area (Å²) in [7, 11) is 0. The van der Waals surface area contributed by atoms with E-state index in [1.807, 2.05) is 0 Å². The first-order valence-corrected chi connectivity index (χ1v) is 7.32. The molecule has 0 bridgehead atoms. The van der Waals surface area contributed by atoms with Crippen LogP contribution in [0.4, 0.5) is 5.69 Å². The minimum atomic E-state index is -0.491. The van der Waals surface area contributed by atoms with Crippen molar-refractivity contribution in [2.45, 2.75) is 19.8 Å². The van der Waals surface area contributed by atoms with Crippen molar-refractivity contribution < 1.29 is 9.72 Å². The van der Waals surface area contributed by atoms with Crippen LogP contribution in [-0.4, -0.2) is 35.4 Å². The SMILES string of the molecule is CCCN1CC=C(NNC(=O)c2ccc([N+](=O)[O-])cc2)CC1. The summed E-state index contributed by atoms with van der Waals surface area (Å²) < 4.78 is 0. The van der Waals surface area contributed by atoms with Gasteiger partial charge in [0.15, 0.2) is 0 Å². The number of nitro groups is 1. The minimum Gasteiger partial charge on any atom is -0.303 e. The van der Waals surface area contributed by atoms with Gasteiger partial charge in [0.1, 0.15) is 0 Å². The van der Waals surface area contributed by atoms with Crippen LogP contribution in [-0.2, 0) is 0 Å². The van der Waals surface area contributed by atoms with Gasteiger partial charge in [0, 0.05) is 42.9 Å². The molecule has 0 spiro atoms. The Labute approximate surface area is 129 Å². The molecule has 0 saturated carbocycles. The van der Waals surface area contributed by atoms with Crippen LogP contribution in [0.25, 0.3) is 0 Å². The Morgan fingerprint density at radius 2 is 2.09 bits per heavy atom. The Kier molecular flexibility index (Phi) is 5.48. The Balaban J connectivity index is 1.84. The van der Waals surface area contributed by atoms with Crippen molar-refractivity contribution in [1.82, 2.24) is 15.8 Å². The highest BCUT2D eigenvalue weighted by atomic mass is 16.6. The van der Waals surface area contributed by atoms with Crippen LogP contribution in [0.3, 0.4) is 0 Å². The van der Waals surface area contributed by atoms with Crippen molar-refractivity contribution in [3.05, 3.63) is 51.7 Å². The molecule has 2 N–H and O–H groups in total. The molecule has 22 heavy (non-hydrogen) atoms. The fraction of sp³-hybridized carbons (Fsp3) is 0.400. The quantitative estimate of drug-likeness (QED) is 0.618. The minimum absolute atomic E-state index is 0.0319. The van der Waals surface area contributed by atoms with Gasteiger partial charge >= 0.3 is 0 Å². The Morgan fingerprint density at radius 1 is 1.36 bits per heavy atom. The lowest BCUT2D eigenvalue weighted by molar-refractivity contribution is -0.384. The highest BCUT2D eigenvalue weighted by Crippen LogP contribution is 2.12. The van der Waals surface area contributed by atoms with Gasteiger partial charge in [-0.15, -0.1) is 0 Å². The Bertz CT molecular complexity index is 569. The fourth-order valence-corrected chi connectivity index (χ4v) is 2.29.